The number of carboxylic acid groups (broad SMARTS) is 1. The first-order valence-electron chi connectivity index (χ1n) is 33.8. The number of carbonyl (C=O) groups excluding carboxylic acids is 3. The number of hydrogen-bond donors (Lipinski definition) is 0. The van der Waals surface area contributed by atoms with E-state index in [4.69, 9.17) is 18.9 Å². The van der Waals surface area contributed by atoms with Gasteiger partial charge in [0.05, 0.1) is 40.3 Å². The molecule has 0 saturated heterocycles. The van der Waals surface area contributed by atoms with Crippen LogP contribution < -0.4 is 5.11 Å². The SMILES string of the molecule is CC/C=C\C/C=C\C/C=C\C/C=C\CCCCCCCCC(=O)OC(COC(=O)CCCCCCCCCCCCCCCCCCCCCCCCCCCCCCCCCCCCC)COC(OCC[N+](C)(C)C)C(=O)[O-]. The van der Waals surface area contributed by atoms with Crippen LogP contribution in [0.15, 0.2) is 48.6 Å². The number of likely N-dealkylation sites (N-methyl/N-ethyl adjacent to an activating group) is 1. The molecule has 0 amide bonds. The van der Waals surface area contributed by atoms with E-state index >= 15 is 0 Å². The van der Waals surface area contributed by atoms with Crippen LogP contribution >= 0.6 is 0 Å². The summed E-state index contributed by atoms with van der Waals surface area (Å²) in [4.78, 5) is 37.4. The number of aliphatic carboxylic acids is 1. The van der Waals surface area contributed by atoms with E-state index in [1.165, 1.54) is 205 Å². The maximum atomic E-state index is 12.9. The van der Waals surface area contributed by atoms with Crippen molar-refractivity contribution in [3.8, 4) is 0 Å². The van der Waals surface area contributed by atoms with E-state index in [1.807, 2.05) is 21.1 Å². The summed E-state index contributed by atoms with van der Waals surface area (Å²) in [5.41, 5.74) is 0. The number of unbranched alkanes of at least 4 members (excludes halogenated alkanes) is 40. The van der Waals surface area contributed by atoms with Gasteiger partial charge in [-0.25, -0.2) is 0 Å². The molecular weight excluding hydrogens is 983 g/mol. The third-order valence-corrected chi connectivity index (χ3v) is 15.1. The molecule has 9 nitrogen and oxygen atoms in total. The second kappa shape index (κ2) is 61.3. The van der Waals surface area contributed by atoms with Gasteiger partial charge in [-0.2, -0.15) is 0 Å². The zero-order valence-electron chi connectivity index (χ0n) is 52.8. The number of nitrogens with zero attached hydrogens (tertiary/aromatic N) is 1. The van der Waals surface area contributed by atoms with E-state index in [2.05, 4.69) is 62.5 Å². The molecule has 0 saturated carbocycles. The molecule has 0 bridgehead atoms. The summed E-state index contributed by atoms with van der Waals surface area (Å²) in [6.45, 7) is 4.66. The Morgan fingerprint density at radius 2 is 0.722 bits per heavy atom. The lowest BCUT2D eigenvalue weighted by Crippen LogP contribution is -2.44. The van der Waals surface area contributed by atoms with Crippen molar-refractivity contribution in [3.63, 3.8) is 0 Å². The molecule has 79 heavy (non-hydrogen) atoms. The predicted molar refractivity (Wildman–Crippen MR) is 334 cm³/mol. The highest BCUT2D eigenvalue weighted by molar-refractivity contribution is 5.70. The molecule has 0 aromatic heterocycles. The van der Waals surface area contributed by atoms with E-state index in [0.717, 1.165) is 83.5 Å². The zero-order valence-corrected chi connectivity index (χ0v) is 52.8. The number of carboxylic acids is 1. The van der Waals surface area contributed by atoms with Crippen LogP contribution in [-0.4, -0.2) is 82.3 Å². The van der Waals surface area contributed by atoms with E-state index < -0.39 is 24.3 Å². The Morgan fingerprint density at radius 3 is 1.08 bits per heavy atom. The Hall–Kier alpha value is -2.75. The van der Waals surface area contributed by atoms with Crippen LogP contribution in [0.3, 0.4) is 0 Å². The van der Waals surface area contributed by atoms with Crippen molar-refractivity contribution < 1.29 is 42.9 Å². The second-order valence-corrected chi connectivity index (χ2v) is 24.1. The lowest BCUT2D eigenvalue weighted by Gasteiger charge is -2.26. The number of carbonyl (C=O) groups is 3. The molecule has 462 valence electrons. The minimum absolute atomic E-state index is 0.145. The minimum atomic E-state index is -1.63. The lowest BCUT2D eigenvalue weighted by molar-refractivity contribution is -0.870. The molecule has 0 heterocycles. The van der Waals surface area contributed by atoms with E-state index in [9.17, 15) is 19.5 Å². The Bertz CT molecular complexity index is 1430. The Balaban J connectivity index is 4.01. The van der Waals surface area contributed by atoms with E-state index in [0.29, 0.717) is 23.9 Å². The molecule has 0 aliphatic rings. The van der Waals surface area contributed by atoms with Crippen molar-refractivity contribution in [1.82, 2.24) is 0 Å². The van der Waals surface area contributed by atoms with Gasteiger partial charge in [-0.1, -0.05) is 306 Å². The van der Waals surface area contributed by atoms with Crippen molar-refractivity contribution in [2.45, 2.75) is 334 Å². The largest absolute Gasteiger partial charge is 0.545 e. The quantitative estimate of drug-likeness (QED) is 0.0195. The fourth-order valence-corrected chi connectivity index (χ4v) is 9.94. The van der Waals surface area contributed by atoms with Crippen molar-refractivity contribution in [2.75, 3.05) is 47.5 Å². The van der Waals surface area contributed by atoms with Gasteiger partial charge in [-0.05, 0) is 51.4 Å². The maximum Gasteiger partial charge on any atom is 0.306 e. The van der Waals surface area contributed by atoms with Crippen LogP contribution in [0.4, 0.5) is 0 Å². The summed E-state index contributed by atoms with van der Waals surface area (Å²) in [5, 5.41) is 11.8. The average molecular weight is 1110 g/mol. The van der Waals surface area contributed by atoms with Crippen molar-refractivity contribution in [3.05, 3.63) is 48.6 Å². The normalized spacial score (nSPS) is 13.0. The summed E-state index contributed by atoms with van der Waals surface area (Å²) >= 11 is 0. The molecule has 0 aliphatic heterocycles. The van der Waals surface area contributed by atoms with Crippen LogP contribution in [0.25, 0.3) is 0 Å². The molecule has 0 fully saturated rings. The predicted octanol–water partition coefficient (Wildman–Crippen LogP) is 19.2. The van der Waals surface area contributed by atoms with Gasteiger partial charge in [0, 0.05) is 12.8 Å². The molecule has 2 unspecified atom stereocenters. The van der Waals surface area contributed by atoms with Crippen molar-refractivity contribution >= 4 is 17.9 Å². The van der Waals surface area contributed by atoms with Crippen LogP contribution in [0, 0.1) is 0 Å². The summed E-state index contributed by atoms with van der Waals surface area (Å²) in [7, 11) is 5.93. The van der Waals surface area contributed by atoms with Gasteiger partial charge in [0.15, 0.2) is 12.4 Å². The molecule has 0 aromatic rings. The summed E-state index contributed by atoms with van der Waals surface area (Å²) in [6.07, 6.45) is 74.9. The Labute approximate surface area is 489 Å². The molecule has 0 aliphatic carbocycles. The van der Waals surface area contributed by atoms with Gasteiger partial charge in [-0.15, -0.1) is 0 Å². The Morgan fingerprint density at radius 1 is 0.392 bits per heavy atom. The highest BCUT2D eigenvalue weighted by atomic mass is 16.7. The van der Waals surface area contributed by atoms with Gasteiger partial charge < -0.3 is 33.3 Å². The molecule has 0 aromatic carbocycles. The molecule has 2 atom stereocenters. The molecule has 0 N–H and O–H groups in total. The first kappa shape index (κ1) is 76.2. The van der Waals surface area contributed by atoms with Crippen molar-refractivity contribution in [2.24, 2.45) is 0 Å². The van der Waals surface area contributed by atoms with Gasteiger partial charge in [0.1, 0.15) is 13.2 Å². The summed E-state index contributed by atoms with van der Waals surface area (Å²) < 4.78 is 22.7. The minimum Gasteiger partial charge on any atom is -0.545 e. The molecule has 0 spiro atoms. The lowest BCUT2D eigenvalue weighted by atomic mass is 10.0. The number of allylic oxidation sites excluding steroid dienone is 8. The summed E-state index contributed by atoms with van der Waals surface area (Å²) in [5.74, 6) is -2.29. The molecule has 0 radical (unpaired) electrons. The maximum absolute atomic E-state index is 12.9. The molecule has 0 rings (SSSR count). The highest BCUT2D eigenvalue weighted by Crippen LogP contribution is 2.18. The molecule has 9 heteroatoms. The number of rotatable bonds is 63. The number of hydrogen-bond acceptors (Lipinski definition) is 8. The first-order chi connectivity index (χ1) is 38.6. The van der Waals surface area contributed by atoms with E-state index in [1.54, 1.807) is 0 Å². The average Bonchev–Trinajstić information content (AvgIpc) is 3.42. The highest BCUT2D eigenvalue weighted by Gasteiger charge is 2.22. The second-order valence-electron chi connectivity index (χ2n) is 24.1. The summed E-state index contributed by atoms with van der Waals surface area (Å²) in [6, 6.07) is 0. The van der Waals surface area contributed by atoms with Gasteiger partial charge in [0.25, 0.3) is 0 Å². The van der Waals surface area contributed by atoms with E-state index in [-0.39, 0.29) is 32.2 Å². The third kappa shape index (κ3) is 62.7. The number of ether oxygens (including phenoxy) is 4. The third-order valence-electron chi connectivity index (χ3n) is 15.1. The zero-order chi connectivity index (χ0) is 57.6. The smallest absolute Gasteiger partial charge is 0.306 e. The number of esters is 2. The monoisotopic (exact) mass is 1110 g/mol. The number of quaternary nitrogens is 1. The van der Waals surface area contributed by atoms with Crippen LogP contribution in [-0.2, 0) is 33.3 Å². The van der Waals surface area contributed by atoms with Crippen LogP contribution in [0.1, 0.15) is 322 Å². The van der Waals surface area contributed by atoms with Gasteiger partial charge >= 0.3 is 11.9 Å². The van der Waals surface area contributed by atoms with Crippen LogP contribution in [0.2, 0.25) is 0 Å². The van der Waals surface area contributed by atoms with Gasteiger partial charge in [0.2, 0.25) is 0 Å². The van der Waals surface area contributed by atoms with Gasteiger partial charge in [-0.3, -0.25) is 9.59 Å². The molecular formula is C70H129NO8. The topological polar surface area (TPSA) is 111 Å². The fourth-order valence-electron chi connectivity index (χ4n) is 9.94. The van der Waals surface area contributed by atoms with Crippen molar-refractivity contribution in [1.29, 1.82) is 0 Å². The standard InChI is InChI=1S/C70H129NO8/c1-6-8-10-12-14-16-18-20-22-24-26-27-28-29-30-31-32-33-34-35-36-37-38-39-40-41-43-44-46-48-50-52-54-56-58-60-67(72)77-64-66(65-78-70(69(74)75)76-63-62-71(3,4)5)79-68(73)61-59-57-55-53-51-49-47-45-42-25-23-21-19-17-15-13-11-9-7-2/h9,11,15,17,21,23,42,45,66,70H,6-8,10,12-14,16,18-20,22,24-41,43-44,46-65H2,1-5H3/b11-9-,17-15-,23-21-,45-42-. The fraction of sp³-hybridized carbons (Fsp3) is 0.843. The van der Waals surface area contributed by atoms with Crippen LogP contribution in [0.5, 0.6) is 0 Å². The first-order valence-corrected chi connectivity index (χ1v) is 33.8. The Kier molecular flexibility index (Phi) is 59.2.